The third-order valence-corrected chi connectivity index (χ3v) is 4.15. The lowest BCUT2D eigenvalue weighted by Gasteiger charge is -2.26. The lowest BCUT2D eigenvalue weighted by atomic mass is 9.78. The summed E-state index contributed by atoms with van der Waals surface area (Å²) in [6, 6.07) is 6.96. The number of aliphatic hydroxyl groups excluding tert-OH is 1. The second kappa shape index (κ2) is 5.71. The third kappa shape index (κ3) is 2.70. The summed E-state index contributed by atoms with van der Waals surface area (Å²) in [5.41, 5.74) is 0.559. The molecule has 2 amide bonds. The van der Waals surface area contributed by atoms with Gasteiger partial charge in [0.25, 0.3) is 0 Å². The first-order chi connectivity index (χ1) is 9.90. The molecular weight excluding hydrogens is 266 g/mol. The molecule has 0 bridgehead atoms. The molecule has 0 saturated carbocycles. The normalized spacial score (nSPS) is 21.7. The highest BCUT2D eigenvalue weighted by molar-refractivity contribution is 6.22. The number of nitrogens with zero attached hydrogens (tertiary/aromatic N) is 1. The smallest absolute Gasteiger partial charge is 0.240 e. The molecule has 1 aromatic rings. The number of benzene rings is 1. The molecule has 4 nitrogen and oxygen atoms in total. The summed E-state index contributed by atoms with van der Waals surface area (Å²) >= 11 is 0. The van der Waals surface area contributed by atoms with E-state index in [-0.39, 0.29) is 30.8 Å². The summed E-state index contributed by atoms with van der Waals surface area (Å²) in [5.74, 6) is 5.10. The van der Waals surface area contributed by atoms with Crippen LogP contribution in [0.25, 0.3) is 0 Å². The number of amides is 2. The number of rotatable bonds is 2. The molecule has 1 aliphatic heterocycles. The van der Waals surface area contributed by atoms with Gasteiger partial charge in [-0.05, 0) is 31.0 Å². The Hall–Kier alpha value is -2.12. The van der Waals surface area contributed by atoms with E-state index in [1.807, 2.05) is 20.8 Å². The van der Waals surface area contributed by atoms with Gasteiger partial charge in [0, 0.05) is 12.0 Å². The first-order valence-corrected chi connectivity index (χ1v) is 6.97. The lowest BCUT2D eigenvalue weighted by Crippen LogP contribution is -2.36. The molecule has 1 fully saturated rings. The number of aliphatic hydroxyl groups is 1. The van der Waals surface area contributed by atoms with Crippen molar-refractivity contribution in [2.24, 2.45) is 11.3 Å². The second-order valence-corrected chi connectivity index (χ2v) is 5.79. The van der Waals surface area contributed by atoms with Crippen LogP contribution >= 0.6 is 0 Å². The molecule has 1 N–H and O–H groups in total. The van der Waals surface area contributed by atoms with Crippen LogP contribution in [0, 0.1) is 23.2 Å². The first kappa shape index (κ1) is 15.3. The largest absolute Gasteiger partial charge is 0.384 e. The van der Waals surface area contributed by atoms with Gasteiger partial charge < -0.3 is 5.11 Å². The summed E-state index contributed by atoms with van der Waals surface area (Å²) in [7, 11) is 0. The van der Waals surface area contributed by atoms with Crippen LogP contribution in [-0.4, -0.2) is 23.5 Å². The van der Waals surface area contributed by atoms with Crippen LogP contribution in [0.1, 0.15) is 32.8 Å². The minimum absolute atomic E-state index is 0.0938. The Kier molecular flexibility index (Phi) is 4.15. The minimum atomic E-state index is -0.649. The molecule has 0 aromatic heterocycles. The van der Waals surface area contributed by atoms with Crippen LogP contribution in [-0.2, 0) is 9.59 Å². The van der Waals surface area contributed by atoms with Gasteiger partial charge in [0.05, 0.1) is 11.1 Å². The van der Waals surface area contributed by atoms with Gasteiger partial charge in [-0.3, -0.25) is 14.5 Å². The molecule has 1 atom stereocenters. The third-order valence-electron chi connectivity index (χ3n) is 4.15. The highest BCUT2D eigenvalue weighted by Gasteiger charge is 2.50. The molecule has 110 valence electrons. The van der Waals surface area contributed by atoms with Crippen molar-refractivity contribution in [2.75, 3.05) is 11.5 Å². The fourth-order valence-corrected chi connectivity index (χ4v) is 2.41. The van der Waals surface area contributed by atoms with Gasteiger partial charge in [-0.1, -0.05) is 31.8 Å². The molecular formula is C17H19NO3. The second-order valence-electron chi connectivity index (χ2n) is 5.79. The quantitative estimate of drug-likeness (QED) is 0.667. The van der Waals surface area contributed by atoms with E-state index in [2.05, 4.69) is 11.8 Å². The van der Waals surface area contributed by atoms with E-state index in [1.54, 1.807) is 24.3 Å². The average molecular weight is 285 g/mol. The summed E-state index contributed by atoms with van der Waals surface area (Å²) in [5, 5.41) is 8.73. The Morgan fingerprint density at radius 1 is 1.38 bits per heavy atom. The maximum Gasteiger partial charge on any atom is 0.240 e. The zero-order chi connectivity index (χ0) is 15.6. The molecule has 0 radical (unpaired) electrons. The lowest BCUT2D eigenvalue weighted by molar-refractivity contribution is -0.126. The van der Waals surface area contributed by atoms with Crippen LogP contribution in [0.4, 0.5) is 5.69 Å². The Bertz CT molecular complexity index is 639. The predicted molar refractivity (Wildman–Crippen MR) is 80.5 cm³/mol. The van der Waals surface area contributed by atoms with Crippen LogP contribution in [0.3, 0.4) is 0 Å². The zero-order valence-electron chi connectivity index (χ0n) is 12.5. The van der Waals surface area contributed by atoms with E-state index >= 15 is 0 Å². The number of hydrogen-bond acceptors (Lipinski definition) is 3. The van der Waals surface area contributed by atoms with Gasteiger partial charge >= 0.3 is 0 Å². The molecule has 21 heavy (non-hydrogen) atoms. The summed E-state index contributed by atoms with van der Waals surface area (Å²) in [4.78, 5) is 26.1. The van der Waals surface area contributed by atoms with Gasteiger partial charge in [-0.15, -0.1) is 0 Å². The monoisotopic (exact) mass is 285 g/mol. The summed E-state index contributed by atoms with van der Waals surface area (Å²) < 4.78 is 0. The van der Waals surface area contributed by atoms with Gasteiger partial charge in [-0.25, -0.2) is 0 Å². The van der Waals surface area contributed by atoms with Gasteiger partial charge in [0.2, 0.25) is 11.8 Å². The molecule has 2 rings (SSSR count). The minimum Gasteiger partial charge on any atom is -0.384 e. The van der Waals surface area contributed by atoms with E-state index < -0.39 is 5.41 Å². The number of hydrogen-bond donors (Lipinski definition) is 1. The van der Waals surface area contributed by atoms with Crippen molar-refractivity contribution < 1.29 is 14.7 Å². The van der Waals surface area contributed by atoms with Crippen molar-refractivity contribution in [3.05, 3.63) is 29.8 Å². The van der Waals surface area contributed by atoms with Crippen LogP contribution in [0.2, 0.25) is 0 Å². The topological polar surface area (TPSA) is 57.6 Å². The van der Waals surface area contributed by atoms with Crippen LogP contribution < -0.4 is 4.90 Å². The molecule has 1 aliphatic rings. The van der Waals surface area contributed by atoms with Crippen molar-refractivity contribution in [1.82, 2.24) is 0 Å². The fraction of sp³-hybridized carbons (Fsp3) is 0.412. The van der Waals surface area contributed by atoms with Crippen molar-refractivity contribution in [3.63, 3.8) is 0 Å². The number of anilines is 1. The molecule has 0 aliphatic carbocycles. The molecule has 1 saturated heterocycles. The van der Waals surface area contributed by atoms with Crippen molar-refractivity contribution >= 4 is 17.5 Å². The number of carbonyl (C=O) groups excluding carboxylic acids is 2. The Morgan fingerprint density at radius 3 is 2.67 bits per heavy atom. The van der Waals surface area contributed by atoms with Crippen molar-refractivity contribution in [3.8, 4) is 11.8 Å². The average Bonchev–Trinajstić information content (AvgIpc) is 2.68. The van der Waals surface area contributed by atoms with Crippen LogP contribution in [0.15, 0.2) is 24.3 Å². The number of imide groups is 1. The molecule has 1 aromatic carbocycles. The SMILES string of the molecule is CC(C)C1(C)CC(=O)N(c2cccc(C#CCO)c2)C1=O. The van der Waals surface area contributed by atoms with E-state index in [0.717, 1.165) is 0 Å². The maximum atomic E-state index is 12.6. The van der Waals surface area contributed by atoms with Crippen molar-refractivity contribution in [1.29, 1.82) is 0 Å². The van der Waals surface area contributed by atoms with E-state index in [0.29, 0.717) is 11.3 Å². The molecule has 1 unspecified atom stereocenters. The Balaban J connectivity index is 2.39. The molecule has 4 heteroatoms. The van der Waals surface area contributed by atoms with Crippen molar-refractivity contribution in [2.45, 2.75) is 27.2 Å². The Morgan fingerprint density at radius 2 is 2.10 bits per heavy atom. The van der Waals surface area contributed by atoms with Gasteiger partial charge in [-0.2, -0.15) is 0 Å². The van der Waals surface area contributed by atoms with Gasteiger partial charge in [0.15, 0.2) is 0 Å². The zero-order valence-corrected chi connectivity index (χ0v) is 12.5. The fourth-order valence-electron chi connectivity index (χ4n) is 2.41. The summed E-state index contributed by atoms with van der Waals surface area (Å²) in [6.45, 7) is 5.53. The van der Waals surface area contributed by atoms with E-state index in [4.69, 9.17) is 5.11 Å². The standard InChI is InChI=1S/C17H19NO3/c1-12(2)17(3)11-15(20)18(16(17)21)14-8-4-6-13(10-14)7-5-9-19/h4,6,8,10,12,19H,9,11H2,1-3H3. The highest BCUT2D eigenvalue weighted by Crippen LogP contribution is 2.41. The van der Waals surface area contributed by atoms with Gasteiger partial charge in [0.1, 0.15) is 6.61 Å². The summed E-state index contributed by atoms with van der Waals surface area (Å²) in [6.07, 6.45) is 0.232. The maximum absolute atomic E-state index is 12.6. The Labute approximate surface area is 124 Å². The predicted octanol–water partition coefficient (Wildman–Crippen LogP) is 1.96. The molecule has 0 spiro atoms. The van der Waals surface area contributed by atoms with Crippen LogP contribution in [0.5, 0.6) is 0 Å². The first-order valence-electron chi connectivity index (χ1n) is 6.97. The van der Waals surface area contributed by atoms with E-state index in [9.17, 15) is 9.59 Å². The number of carbonyl (C=O) groups is 2. The van der Waals surface area contributed by atoms with E-state index in [1.165, 1.54) is 4.90 Å². The highest BCUT2D eigenvalue weighted by atomic mass is 16.2. The molecule has 1 heterocycles.